The van der Waals surface area contributed by atoms with Crippen LogP contribution in [0.15, 0.2) is 81.7 Å². The van der Waals surface area contributed by atoms with Crippen LogP contribution < -0.4 is 24.4 Å². The van der Waals surface area contributed by atoms with E-state index < -0.39 is 16.9 Å². The molecule has 1 aliphatic heterocycles. The fourth-order valence-electron chi connectivity index (χ4n) is 5.02. The molecule has 2 heterocycles. The fourth-order valence-corrected chi connectivity index (χ4v) is 6.68. The molecule has 1 aliphatic rings. The van der Waals surface area contributed by atoms with Gasteiger partial charge in [0.15, 0.2) is 10.6 Å². The molecule has 0 radical (unpaired) electrons. The van der Waals surface area contributed by atoms with E-state index in [2.05, 4.69) is 4.99 Å². The highest BCUT2D eigenvalue weighted by Crippen LogP contribution is 2.37. The summed E-state index contributed by atoms with van der Waals surface area (Å²) in [5.74, 6) is 0.166. The van der Waals surface area contributed by atoms with Gasteiger partial charge >= 0.3 is 5.97 Å². The molecule has 5 rings (SSSR count). The van der Waals surface area contributed by atoms with Crippen LogP contribution in [0.2, 0.25) is 10.0 Å². The van der Waals surface area contributed by atoms with Crippen molar-refractivity contribution >= 4 is 52.3 Å². The van der Waals surface area contributed by atoms with Crippen molar-refractivity contribution in [1.29, 1.82) is 0 Å². The van der Waals surface area contributed by atoms with Gasteiger partial charge in [0.25, 0.3) is 11.2 Å². The third kappa shape index (κ3) is 6.86. The molecule has 0 N–H and O–H groups in total. The number of hydrogen-bond acceptors (Lipinski definition) is 9. The summed E-state index contributed by atoms with van der Waals surface area (Å²) in [5, 5.41) is 11.5. The van der Waals surface area contributed by atoms with Gasteiger partial charge in [0.1, 0.15) is 18.4 Å². The number of carbonyl (C=O) groups is 1. The van der Waals surface area contributed by atoms with E-state index in [4.69, 9.17) is 37.4 Å². The topological polar surface area (TPSA) is 122 Å². The molecule has 0 saturated carbocycles. The molecular weight excluding hydrogens is 653 g/mol. The Morgan fingerprint density at radius 1 is 1.13 bits per heavy atom. The predicted molar refractivity (Wildman–Crippen MR) is 176 cm³/mol. The van der Waals surface area contributed by atoms with Gasteiger partial charge in [-0.2, -0.15) is 0 Å². The Balaban J connectivity index is 1.56. The third-order valence-electron chi connectivity index (χ3n) is 6.92. The minimum absolute atomic E-state index is 0.00319. The van der Waals surface area contributed by atoms with Crippen molar-refractivity contribution in [1.82, 2.24) is 4.57 Å². The molecule has 4 aromatic rings. The van der Waals surface area contributed by atoms with E-state index >= 15 is 0 Å². The number of benzene rings is 3. The van der Waals surface area contributed by atoms with E-state index in [1.807, 2.05) is 32.0 Å². The molecule has 0 amide bonds. The van der Waals surface area contributed by atoms with Crippen LogP contribution >= 0.6 is 34.5 Å². The van der Waals surface area contributed by atoms with Gasteiger partial charge in [0.2, 0.25) is 0 Å². The second kappa shape index (κ2) is 13.9. The molecule has 0 aliphatic carbocycles. The SMILES string of the molecule is CCOC(=O)C1=C(C)N=c2s/c(=C/c3cc(Cl)c(OCc4cccc([N+](=O)[O-])c4)c(Cl)c3)c(=O)n2[C@@H]1c1ccccc1OC(C)C. The van der Waals surface area contributed by atoms with Gasteiger partial charge in [0.05, 0.1) is 43.5 Å². The molecule has 0 unspecified atom stereocenters. The minimum Gasteiger partial charge on any atom is -0.491 e. The van der Waals surface area contributed by atoms with Crippen molar-refractivity contribution < 1.29 is 23.9 Å². The molecule has 0 fully saturated rings. The number of fused-ring (bicyclic) bond motifs is 1. The van der Waals surface area contributed by atoms with Gasteiger partial charge in [-0.3, -0.25) is 19.5 Å². The summed E-state index contributed by atoms with van der Waals surface area (Å²) < 4.78 is 19.1. The van der Waals surface area contributed by atoms with E-state index in [0.717, 1.165) is 11.3 Å². The average molecular weight is 683 g/mol. The first-order valence-electron chi connectivity index (χ1n) is 14.3. The summed E-state index contributed by atoms with van der Waals surface area (Å²) in [6.45, 7) is 7.39. The van der Waals surface area contributed by atoms with Gasteiger partial charge < -0.3 is 14.2 Å². The largest absolute Gasteiger partial charge is 0.491 e. The number of aromatic nitrogens is 1. The number of thiazole rings is 1. The van der Waals surface area contributed by atoms with Crippen LogP contribution in [-0.4, -0.2) is 28.2 Å². The molecule has 1 atom stereocenters. The van der Waals surface area contributed by atoms with Crippen molar-refractivity contribution in [3.63, 3.8) is 0 Å². The van der Waals surface area contributed by atoms with Crippen LogP contribution in [0.1, 0.15) is 50.4 Å². The summed E-state index contributed by atoms with van der Waals surface area (Å²) in [7, 11) is 0. The molecule has 10 nitrogen and oxygen atoms in total. The van der Waals surface area contributed by atoms with Gasteiger partial charge in [0, 0.05) is 17.7 Å². The lowest BCUT2D eigenvalue weighted by Crippen LogP contribution is -2.40. The number of nitro groups is 1. The maximum atomic E-state index is 14.1. The summed E-state index contributed by atoms with van der Waals surface area (Å²) in [4.78, 5) is 43.0. The highest BCUT2D eigenvalue weighted by Gasteiger charge is 2.35. The van der Waals surface area contributed by atoms with Gasteiger partial charge in [-0.1, -0.05) is 64.9 Å². The first kappa shape index (κ1) is 32.9. The molecule has 3 aromatic carbocycles. The standard InChI is InChI=1S/C33H29Cl2N3O7S/c1-5-43-32(40)28-19(4)36-33-37(29(28)23-11-6-7-12-26(23)45-18(2)3)31(39)27(46-33)16-21-14-24(34)30(25(35)15-21)44-17-20-9-8-10-22(13-20)38(41)42/h6-16,18,29H,5,17H2,1-4H3/b27-16+/t29-/m1/s1. The molecule has 13 heteroatoms. The Hall–Kier alpha value is -4.45. The maximum absolute atomic E-state index is 14.1. The number of nitro benzene ring substituents is 1. The fraction of sp³-hybridized carbons (Fsp3) is 0.242. The normalized spacial score (nSPS) is 14.6. The quantitative estimate of drug-likeness (QED) is 0.108. The zero-order valence-electron chi connectivity index (χ0n) is 25.3. The number of allylic oxidation sites excluding steroid dienone is 1. The Kier molecular flexibility index (Phi) is 9.95. The van der Waals surface area contributed by atoms with Crippen LogP contribution in [0.5, 0.6) is 11.5 Å². The second-order valence-electron chi connectivity index (χ2n) is 10.5. The van der Waals surface area contributed by atoms with E-state index in [9.17, 15) is 19.7 Å². The summed E-state index contributed by atoms with van der Waals surface area (Å²) >= 11 is 14.3. The monoisotopic (exact) mass is 681 g/mol. The highest BCUT2D eigenvalue weighted by molar-refractivity contribution is 7.07. The predicted octanol–water partition coefficient (Wildman–Crippen LogP) is 6.38. The van der Waals surface area contributed by atoms with Crippen LogP contribution in [0, 0.1) is 10.1 Å². The maximum Gasteiger partial charge on any atom is 0.338 e. The van der Waals surface area contributed by atoms with Gasteiger partial charge in [-0.05, 0) is 63.1 Å². The number of esters is 1. The van der Waals surface area contributed by atoms with E-state index in [1.54, 1.807) is 50.3 Å². The lowest BCUT2D eigenvalue weighted by Gasteiger charge is -2.26. The van der Waals surface area contributed by atoms with Crippen LogP contribution in [0.3, 0.4) is 0 Å². The van der Waals surface area contributed by atoms with Gasteiger partial charge in [-0.25, -0.2) is 9.79 Å². The highest BCUT2D eigenvalue weighted by atomic mass is 35.5. The van der Waals surface area contributed by atoms with Gasteiger partial charge in [-0.15, -0.1) is 0 Å². The van der Waals surface area contributed by atoms with Crippen molar-refractivity contribution in [2.45, 2.75) is 46.4 Å². The lowest BCUT2D eigenvalue weighted by molar-refractivity contribution is -0.384. The number of ether oxygens (including phenoxy) is 3. The Morgan fingerprint density at radius 2 is 1.85 bits per heavy atom. The molecule has 0 spiro atoms. The minimum atomic E-state index is -0.843. The van der Waals surface area contributed by atoms with Crippen LogP contribution in [0.4, 0.5) is 5.69 Å². The summed E-state index contributed by atoms with van der Waals surface area (Å²) in [5.41, 5.74) is 1.98. The molecular formula is C33H29Cl2N3O7S. The van der Waals surface area contributed by atoms with Crippen molar-refractivity contribution in [2.75, 3.05) is 6.61 Å². The van der Waals surface area contributed by atoms with Crippen LogP contribution in [-0.2, 0) is 16.1 Å². The molecule has 46 heavy (non-hydrogen) atoms. The van der Waals surface area contributed by atoms with Crippen molar-refractivity contribution in [2.24, 2.45) is 4.99 Å². The molecule has 238 valence electrons. The first-order chi connectivity index (χ1) is 22.0. The number of non-ortho nitro benzene ring substituents is 1. The second-order valence-corrected chi connectivity index (χ2v) is 12.4. The van der Waals surface area contributed by atoms with Crippen molar-refractivity contribution in [3.05, 3.63) is 128 Å². The summed E-state index contributed by atoms with van der Waals surface area (Å²) in [6.07, 6.45) is 1.49. The number of rotatable bonds is 10. The molecule has 0 bridgehead atoms. The average Bonchev–Trinajstić information content (AvgIpc) is 3.30. The first-order valence-corrected chi connectivity index (χ1v) is 15.9. The number of carbonyl (C=O) groups excluding carboxylic acids is 1. The van der Waals surface area contributed by atoms with E-state index in [1.165, 1.54) is 16.7 Å². The Morgan fingerprint density at radius 3 is 2.52 bits per heavy atom. The van der Waals surface area contributed by atoms with E-state index in [-0.39, 0.29) is 51.9 Å². The molecule has 1 aromatic heterocycles. The summed E-state index contributed by atoms with van der Waals surface area (Å²) in [6, 6.07) is 15.7. The number of hydrogen-bond donors (Lipinski definition) is 0. The van der Waals surface area contributed by atoms with Crippen molar-refractivity contribution in [3.8, 4) is 11.5 Å². The van der Waals surface area contributed by atoms with E-state index in [0.29, 0.717) is 37.5 Å². The number of halogens is 2. The lowest BCUT2D eigenvalue weighted by atomic mass is 9.95. The third-order valence-corrected chi connectivity index (χ3v) is 8.46. The number of para-hydroxylation sites is 1. The Bertz CT molecular complexity index is 2030. The number of nitrogens with zero attached hydrogens (tertiary/aromatic N) is 3. The Labute approximate surface area is 277 Å². The zero-order valence-corrected chi connectivity index (χ0v) is 27.6. The smallest absolute Gasteiger partial charge is 0.338 e. The zero-order chi connectivity index (χ0) is 33.1. The van der Waals surface area contributed by atoms with Crippen LogP contribution in [0.25, 0.3) is 6.08 Å². The molecule has 0 saturated heterocycles.